The highest BCUT2D eigenvalue weighted by Gasteiger charge is 2.15. The molecule has 2 rings (SSSR count). The van der Waals surface area contributed by atoms with E-state index >= 15 is 0 Å². The first-order valence-electron chi connectivity index (χ1n) is 7.94. The van der Waals surface area contributed by atoms with Crippen molar-refractivity contribution in [2.24, 2.45) is 5.73 Å². The number of halogens is 1. The number of benzene rings is 2. The van der Waals surface area contributed by atoms with Crippen LogP contribution in [0.4, 0.5) is 4.39 Å². The molecule has 0 heterocycles. The molecule has 0 unspecified atom stereocenters. The zero-order valence-corrected chi connectivity index (χ0v) is 15.6. The van der Waals surface area contributed by atoms with Crippen LogP contribution in [-0.4, -0.2) is 20.7 Å². The molecule has 2 aromatic rings. The van der Waals surface area contributed by atoms with E-state index in [1.54, 1.807) is 12.1 Å². The van der Waals surface area contributed by atoms with Crippen LogP contribution in [-0.2, 0) is 16.3 Å². The summed E-state index contributed by atoms with van der Waals surface area (Å²) in [6.07, 6.45) is 1.10. The molecule has 7 heteroatoms. The first-order valence-corrected chi connectivity index (χ1v) is 9.83. The number of nitrogens with two attached hydrogens (primary N) is 1. The molecule has 0 saturated carbocycles. The van der Waals surface area contributed by atoms with Gasteiger partial charge >= 0.3 is 0 Å². The van der Waals surface area contributed by atoms with Gasteiger partial charge in [-0.2, -0.15) is 10.5 Å². The third kappa shape index (κ3) is 5.13. The molecule has 0 aliphatic rings. The minimum Gasteiger partial charge on any atom is -0.316 e. The molecular weight excluding hydrogens is 353 g/mol. The molecule has 0 saturated heterocycles. The number of hydrogen-bond donors (Lipinski definition) is 1. The minimum atomic E-state index is -3.58. The molecular formula is C19H20FN3O2S. The fourth-order valence-electron chi connectivity index (χ4n) is 2.28. The van der Waals surface area contributed by atoms with Crippen molar-refractivity contribution in [1.29, 1.82) is 10.5 Å². The van der Waals surface area contributed by atoms with Crippen molar-refractivity contribution in [2.75, 3.05) is 6.26 Å². The van der Waals surface area contributed by atoms with E-state index in [-0.39, 0.29) is 16.9 Å². The Hall–Kier alpha value is -2.74. The van der Waals surface area contributed by atoms with Gasteiger partial charge in [-0.1, -0.05) is 32.0 Å². The smallest absolute Gasteiger partial charge is 0.176 e. The molecule has 0 aromatic heterocycles. The van der Waals surface area contributed by atoms with Crippen molar-refractivity contribution in [1.82, 2.24) is 0 Å². The lowest BCUT2D eigenvalue weighted by Gasteiger charge is -2.09. The highest BCUT2D eigenvalue weighted by molar-refractivity contribution is 7.90. The Labute approximate surface area is 153 Å². The molecule has 0 spiro atoms. The van der Waals surface area contributed by atoms with Crippen LogP contribution in [0.5, 0.6) is 0 Å². The van der Waals surface area contributed by atoms with E-state index in [0.29, 0.717) is 16.7 Å². The van der Waals surface area contributed by atoms with Crippen LogP contribution in [0.2, 0.25) is 0 Å². The van der Waals surface area contributed by atoms with Gasteiger partial charge in [0.25, 0.3) is 0 Å². The van der Waals surface area contributed by atoms with Crippen LogP contribution in [0.1, 0.15) is 25.0 Å². The highest BCUT2D eigenvalue weighted by Crippen LogP contribution is 2.27. The highest BCUT2D eigenvalue weighted by atomic mass is 32.2. The van der Waals surface area contributed by atoms with E-state index < -0.39 is 21.7 Å². The van der Waals surface area contributed by atoms with Gasteiger partial charge in [-0.25, -0.2) is 12.8 Å². The summed E-state index contributed by atoms with van der Waals surface area (Å²) >= 11 is 0. The average Bonchev–Trinajstić information content (AvgIpc) is 2.63. The normalized spacial score (nSPS) is 11.5. The summed E-state index contributed by atoms with van der Waals surface area (Å²) in [5.74, 6) is -0.525. The van der Waals surface area contributed by atoms with Gasteiger partial charge in [0.05, 0.1) is 22.6 Å². The molecule has 0 fully saturated rings. The van der Waals surface area contributed by atoms with E-state index in [4.69, 9.17) is 16.3 Å². The second-order valence-electron chi connectivity index (χ2n) is 5.34. The first-order chi connectivity index (χ1) is 12.3. The first kappa shape index (κ1) is 21.3. The molecule has 5 nitrogen and oxygen atoms in total. The van der Waals surface area contributed by atoms with E-state index in [2.05, 4.69) is 0 Å². The van der Waals surface area contributed by atoms with Crippen LogP contribution in [0.3, 0.4) is 0 Å². The Kier molecular flexibility index (Phi) is 7.45. The van der Waals surface area contributed by atoms with Crippen molar-refractivity contribution in [2.45, 2.75) is 31.2 Å². The van der Waals surface area contributed by atoms with E-state index in [1.165, 1.54) is 24.3 Å². The lowest BCUT2D eigenvalue weighted by Crippen LogP contribution is -2.20. The topological polar surface area (TPSA) is 108 Å². The Morgan fingerprint density at radius 3 is 2.19 bits per heavy atom. The van der Waals surface area contributed by atoms with Crippen LogP contribution in [0.25, 0.3) is 11.1 Å². The standard InChI is InChI=1S/C17H14FN3O2S.C2H6/c1-24(22,23)17-8-12(3-5-14(17)9-19)11-2-4-13(16(18)7-11)6-15(21)10-20;1-2/h2-5,7-8,15H,6,21H2,1H3;1-2H3/t15-;/m0./s1. The van der Waals surface area contributed by atoms with Crippen molar-refractivity contribution in [3.63, 3.8) is 0 Å². The van der Waals surface area contributed by atoms with Gasteiger partial charge in [-0.15, -0.1) is 0 Å². The zero-order valence-electron chi connectivity index (χ0n) is 14.8. The number of hydrogen-bond acceptors (Lipinski definition) is 5. The maximum atomic E-state index is 14.2. The van der Waals surface area contributed by atoms with Gasteiger partial charge in [0.2, 0.25) is 0 Å². The summed E-state index contributed by atoms with van der Waals surface area (Å²) in [6.45, 7) is 4.00. The Bertz CT molecular complexity index is 973. The molecule has 0 aliphatic carbocycles. The maximum absolute atomic E-state index is 14.2. The van der Waals surface area contributed by atoms with Gasteiger partial charge in [0, 0.05) is 12.7 Å². The van der Waals surface area contributed by atoms with Crippen LogP contribution >= 0.6 is 0 Å². The maximum Gasteiger partial charge on any atom is 0.176 e. The SMILES string of the molecule is CC.CS(=O)(=O)c1cc(-c2ccc(C[C@H](N)C#N)c(F)c2)ccc1C#N. The van der Waals surface area contributed by atoms with Gasteiger partial charge in [-0.3, -0.25) is 0 Å². The van der Waals surface area contributed by atoms with Gasteiger partial charge in [0.15, 0.2) is 9.84 Å². The summed E-state index contributed by atoms with van der Waals surface area (Å²) in [7, 11) is -3.58. The Morgan fingerprint density at radius 2 is 1.69 bits per heavy atom. The van der Waals surface area contributed by atoms with Gasteiger partial charge in [-0.05, 0) is 34.9 Å². The van der Waals surface area contributed by atoms with Gasteiger partial charge in [0.1, 0.15) is 11.9 Å². The number of nitriles is 2. The van der Waals surface area contributed by atoms with Crippen molar-refractivity contribution in [3.8, 4) is 23.3 Å². The molecule has 2 aromatic carbocycles. The molecule has 26 heavy (non-hydrogen) atoms. The monoisotopic (exact) mass is 373 g/mol. The van der Waals surface area contributed by atoms with Crippen molar-refractivity contribution < 1.29 is 12.8 Å². The van der Waals surface area contributed by atoms with Gasteiger partial charge < -0.3 is 5.73 Å². The summed E-state index contributed by atoms with van der Waals surface area (Å²) in [6, 6.07) is 11.6. The summed E-state index contributed by atoms with van der Waals surface area (Å²) in [5.41, 5.74) is 6.79. The largest absolute Gasteiger partial charge is 0.316 e. The fraction of sp³-hybridized carbons (Fsp3) is 0.263. The summed E-state index contributed by atoms with van der Waals surface area (Å²) < 4.78 is 37.8. The molecule has 0 bridgehead atoms. The second kappa shape index (κ2) is 9.10. The third-order valence-corrected chi connectivity index (χ3v) is 4.63. The van der Waals surface area contributed by atoms with E-state index in [1.807, 2.05) is 26.0 Å². The lowest BCUT2D eigenvalue weighted by atomic mass is 10.00. The predicted molar refractivity (Wildman–Crippen MR) is 98.3 cm³/mol. The van der Waals surface area contributed by atoms with Crippen LogP contribution < -0.4 is 5.73 Å². The number of nitrogens with zero attached hydrogens (tertiary/aromatic N) is 2. The average molecular weight is 373 g/mol. The molecule has 0 radical (unpaired) electrons. The summed E-state index contributed by atoms with van der Waals surface area (Å²) in [4.78, 5) is -0.0986. The molecule has 0 amide bonds. The predicted octanol–water partition coefficient (Wildman–Crippen LogP) is 3.19. The summed E-state index contributed by atoms with van der Waals surface area (Å²) in [5, 5.41) is 17.7. The molecule has 2 N–H and O–H groups in total. The quantitative estimate of drug-likeness (QED) is 0.885. The zero-order chi connectivity index (χ0) is 19.9. The molecule has 0 aliphatic heterocycles. The molecule has 1 atom stereocenters. The van der Waals surface area contributed by atoms with Crippen molar-refractivity contribution in [3.05, 3.63) is 53.3 Å². The fourth-order valence-corrected chi connectivity index (χ4v) is 3.13. The van der Waals surface area contributed by atoms with Crippen molar-refractivity contribution >= 4 is 9.84 Å². The number of sulfone groups is 1. The van der Waals surface area contributed by atoms with E-state index in [0.717, 1.165) is 6.26 Å². The van der Waals surface area contributed by atoms with Crippen LogP contribution in [0.15, 0.2) is 41.3 Å². The van der Waals surface area contributed by atoms with E-state index in [9.17, 15) is 12.8 Å². The lowest BCUT2D eigenvalue weighted by molar-refractivity contribution is 0.601. The second-order valence-corrected chi connectivity index (χ2v) is 7.32. The molecule has 136 valence electrons. The van der Waals surface area contributed by atoms with Crippen LogP contribution in [0, 0.1) is 28.5 Å². The Morgan fingerprint density at radius 1 is 1.12 bits per heavy atom. The third-order valence-electron chi connectivity index (χ3n) is 3.49. The Balaban J connectivity index is 0.00000163. The number of rotatable bonds is 4. The minimum absolute atomic E-state index is 0.0401.